The van der Waals surface area contributed by atoms with Crippen LogP contribution < -0.4 is 10.1 Å². The van der Waals surface area contributed by atoms with E-state index in [0.29, 0.717) is 27.8 Å². The number of benzene rings is 3. The van der Waals surface area contributed by atoms with E-state index in [1.54, 1.807) is 23.1 Å². The van der Waals surface area contributed by atoms with Gasteiger partial charge in [-0.1, -0.05) is 66.5 Å². The molecule has 0 aromatic heterocycles. The average molecular weight is 639 g/mol. The molecule has 0 aliphatic rings. The summed E-state index contributed by atoms with van der Waals surface area (Å²) in [6.45, 7) is 3.87. The summed E-state index contributed by atoms with van der Waals surface area (Å²) in [6.07, 6.45) is 1.13. The standard InChI is InChI=1S/C28H29Cl2IN2O3/c1-3-19(2)32-28(35)26(15-20-7-5-4-6-8-20)33(17-21-9-10-22(29)16-25(21)30)27(34)18-36-24-13-11-23(31)12-14-24/h4-14,16,19,26H,3,15,17-18H2,1-2H3,(H,32,35). The summed E-state index contributed by atoms with van der Waals surface area (Å²) in [6, 6.07) is 21.4. The van der Waals surface area contributed by atoms with Gasteiger partial charge in [0.25, 0.3) is 5.91 Å². The molecule has 0 saturated carbocycles. The van der Waals surface area contributed by atoms with Crippen molar-refractivity contribution in [2.45, 2.75) is 45.3 Å². The van der Waals surface area contributed by atoms with Crippen molar-refractivity contribution in [3.05, 3.63) is 97.5 Å². The summed E-state index contributed by atoms with van der Waals surface area (Å²) in [5, 5.41) is 3.98. The Kier molecular flexibility index (Phi) is 10.9. The van der Waals surface area contributed by atoms with Gasteiger partial charge in [-0.05, 0) is 83.5 Å². The summed E-state index contributed by atoms with van der Waals surface area (Å²) in [5.74, 6) is 0.0395. The first-order valence-corrected chi connectivity index (χ1v) is 13.6. The number of halogens is 3. The van der Waals surface area contributed by atoms with E-state index in [1.165, 1.54) is 0 Å². The van der Waals surface area contributed by atoms with Crippen LogP contribution in [0.25, 0.3) is 0 Å². The minimum Gasteiger partial charge on any atom is -0.484 e. The van der Waals surface area contributed by atoms with Crippen molar-refractivity contribution in [1.82, 2.24) is 10.2 Å². The molecule has 3 aromatic rings. The number of carbonyl (C=O) groups is 2. The molecule has 0 spiro atoms. The Morgan fingerprint density at radius 1 is 1.03 bits per heavy atom. The zero-order valence-electron chi connectivity index (χ0n) is 20.2. The van der Waals surface area contributed by atoms with Crippen molar-refractivity contribution < 1.29 is 14.3 Å². The van der Waals surface area contributed by atoms with Gasteiger partial charge in [0, 0.05) is 32.6 Å². The minimum atomic E-state index is -0.763. The molecular formula is C28H29Cl2IN2O3. The van der Waals surface area contributed by atoms with Gasteiger partial charge < -0.3 is 15.0 Å². The van der Waals surface area contributed by atoms with Gasteiger partial charge in [-0.2, -0.15) is 0 Å². The van der Waals surface area contributed by atoms with Crippen LogP contribution in [0.1, 0.15) is 31.4 Å². The summed E-state index contributed by atoms with van der Waals surface area (Å²) < 4.78 is 6.86. The van der Waals surface area contributed by atoms with Gasteiger partial charge >= 0.3 is 0 Å². The number of hydrogen-bond acceptors (Lipinski definition) is 3. The Labute approximate surface area is 236 Å². The zero-order valence-corrected chi connectivity index (χ0v) is 23.9. The third-order valence-corrected chi connectivity index (χ3v) is 7.11. The lowest BCUT2D eigenvalue weighted by Crippen LogP contribution is -2.53. The maximum Gasteiger partial charge on any atom is 0.261 e. The average Bonchev–Trinajstić information content (AvgIpc) is 2.87. The smallest absolute Gasteiger partial charge is 0.261 e. The lowest BCUT2D eigenvalue weighted by molar-refractivity contribution is -0.143. The molecule has 3 rings (SSSR count). The molecule has 3 aromatic carbocycles. The van der Waals surface area contributed by atoms with Crippen LogP contribution in [0, 0.1) is 3.57 Å². The van der Waals surface area contributed by atoms with E-state index in [-0.39, 0.29) is 31.0 Å². The molecular weight excluding hydrogens is 610 g/mol. The normalized spacial score (nSPS) is 12.5. The van der Waals surface area contributed by atoms with Crippen LogP contribution in [0.5, 0.6) is 5.75 Å². The summed E-state index contributed by atoms with van der Waals surface area (Å²) in [4.78, 5) is 28.7. The molecule has 36 heavy (non-hydrogen) atoms. The van der Waals surface area contributed by atoms with E-state index in [4.69, 9.17) is 27.9 Å². The van der Waals surface area contributed by atoms with Gasteiger partial charge in [0.15, 0.2) is 6.61 Å². The van der Waals surface area contributed by atoms with Gasteiger partial charge in [-0.3, -0.25) is 9.59 Å². The zero-order chi connectivity index (χ0) is 26.1. The molecule has 0 fully saturated rings. The molecule has 0 heterocycles. The maximum absolute atomic E-state index is 13.6. The second-order valence-electron chi connectivity index (χ2n) is 8.52. The van der Waals surface area contributed by atoms with E-state index in [9.17, 15) is 9.59 Å². The predicted molar refractivity (Wildman–Crippen MR) is 153 cm³/mol. The van der Waals surface area contributed by atoms with E-state index in [0.717, 1.165) is 15.6 Å². The number of hydrogen-bond donors (Lipinski definition) is 1. The van der Waals surface area contributed by atoms with Crippen molar-refractivity contribution >= 4 is 57.6 Å². The first-order chi connectivity index (χ1) is 17.3. The van der Waals surface area contributed by atoms with Crippen molar-refractivity contribution in [3.8, 4) is 5.75 Å². The predicted octanol–water partition coefficient (Wildman–Crippen LogP) is 6.53. The van der Waals surface area contributed by atoms with Crippen LogP contribution in [-0.4, -0.2) is 35.4 Å². The maximum atomic E-state index is 13.6. The first kappa shape index (κ1) is 28.3. The van der Waals surface area contributed by atoms with Gasteiger partial charge in [0.2, 0.25) is 5.91 Å². The summed E-state index contributed by atoms with van der Waals surface area (Å²) >= 11 is 14.8. The molecule has 2 amide bonds. The van der Waals surface area contributed by atoms with E-state index in [2.05, 4.69) is 27.9 Å². The molecule has 0 aliphatic heterocycles. The van der Waals surface area contributed by atoms with Crippen molar-refractivity contribution in [1.29, 1.82) is 0 Å². The molecule has 2 atom stereocenters. The highest BCUT2D eigenvalue weighted by molar-refractivity contribution is 14.1. The number of carbonyl (C=O) groups excluding carboxylic acids is 2. The highest BCUT2D eigenvalue weighted by atomic mass is 127. The second-order valence-corrected chi connectivity index (χ2v) is 10.6. The Morgan fingerprint density at radius 2 is 1.72 bits per heavy atom. The monoisotopic (exact) mass is 638 g/mol. The number of amides is 2. The highest BCUT2D eigenvalue weighted by Gasteiger charge is 2.31. The molecule has 0 saturated heterocycles. The van der Waals surface area contributed by atoms with E-state index >= 15 is 0 Å². The van der Waals surface area contributed by atoms with Crippen LogP contribution in [0.2, 0.25) is 10.0 Å². The molecule has 5 nitrogen and oxygen atoms in total. The Balaban J connectivity index is 1.93. The fourth-order valence-electron chi connectivity index (χ4n) is 3.59. The highest BCUT2D eigenvalue weighted by Crippen LogP contribution is 2.24. The third-order valence-electron chi connectivity index (χ3n) is 5.80. The number of nitrogens with zero attached hydrogens (tertiary/aromatic N) is 1. The largest absolute Gasteiger partial charge is 0.484 e. The molecule has 8 heteroatoms. The van der Waals surface area contributed by atoms with Crippen LogP contribution >= 0.6 is 45.8 Å². The molecule has 0 bridgehead atoms. The Hall–Kier alpha value is -2.29. The molecule has 0 radical (unpaired) electrons. The first-order valence-electron chi connectivity index (χ1n) is 11.7. The summed E-state index contributed by atoms with van der Waals surface area (Å²) in [7, 11) is 0. The van der Waals surface area contributed by atoms with Crippen molar-refractivity contribution in [2.75, 3.05) is 6.61 Å². The van der Waals surface area contributed by atoms with Crippen LogP contribution in [0.4, 0.5) is 0 Å². The van der Waals surface area contributed by atoms with Crippen LogP contribution in [0.3, 0.4) is 0 Å². The fourth-order valence-corrected chi connectivity index (χ4v) is 4.42. The number of rotatable bonds is 11. The van der Waals surface area contributed by atoms with Gasteiger partial charge in [0.1, 0.15) is 11.8 Å². The second kappa shape index (κ2) is 13.9. The van der Waals surface area contributed by atoms with Gasteiger partial charge in [-0.25, -0.2) is 0 Å². The summed E-state index contributed by atoms with van der Waals surface area (Å²) in [5.41, 5.74) is 1.64. The lowest BCUT2D eigenvalue weighted by atomic mass is 10.0. The van der Waals surface area contributed by atoms with Gasteiger partial charge in [0.05, 0.1) is 0 Å². The topological polar surface area (TPSA) is 58.6 Å². The lowest BCUT2D eigenvalue weighted by Gasteiger charge is -2.32. The van der Waals surface area contributed by atoms with Gasteiger partial charge in [-0.15, -0.1) is 0 Å². The Morgan fingerprint density at radius 3 is 2.36 bits per heavy atom. The van der Waals surface area contributed by atoms with Crippen molar-refractivity contribution in [3.63, 3.8) is 0 Å². The SMILES string of the molecule is CCC(C)NC(=O)C(Cc1ccccc1)N(Cc1ccc(Cl)cc1Cl)C(=O)COc1ccc(I)cc1. The minimum absolute atomic E-state index is 0.0325. The third kappa shape index (κ3) is 8.39. The van der Waals surface area contributed by atoms with E-state index < -0.39 is 6.04 Å². The quantitative estimate of drug-likeness (QED) is 0.243. The molecule has 0 aliphatic carbocycles. The molecule has 1 N–H and O–H groups in total. The number of nitrogens with one attached hydrogen (secondary N) is 1. The molecule has 190 valence electrons. The van der Waals surface area contributed by atoms with Crippen LogP contribution in [-0.2, 0) is 22.6 Å². The van der Waals surface area contributed by atoms with E-state index in [1.807, 2.05) is 68.4 Å². The fraction of sp³-hybridized carbons (Fsp3) is 0.286. The number of ether oxygens (including phenoxy) is 1. The molecule has 2 unspecified atom stereocenters. The van der Waals surface area contributed by atoms with Crippen molar-refractivity contribution in [2.24, 2.45) is 0 Å². The van der Waals surface area contributed by atoms with Crippen LogP contribution in [0.15, 0.2) is 72.8 Å². The Bertz CT molecular complexity index is 1160.